The van der Waals surface area contributed by atoms with E-state index in [2.05, 4.69) is 29.0 Å². The Labute approximate surface area is 91.7 Å². The first-order chi connectivity index (χ1) is 7.19. The van der Waals surface area contributed by atoms with Crippen LogP contribution < -0.4 is 10.6 Å². The van der Waals surface area contributed by atoms with Gasteiger partial charge >= 0.3 is 0 Å². The average molecular weight is 211 g/mol. The largest absolute Gasteiger partial charge is 0.358 e. The van der Waals surface area contributed by atoms with Crippen LogP contribution in [0.5, 0.6) is 0 Å². The van der Waals surface area contributed by atoms with Crippen molar-refractivity contribution < 1.29 is 4.79 Å². The van der Waals surface area contributed by atoms with Crippen molar-refractivity contribution >= 4 is 5.91 Å². The topological polar surface area (TPSA) is 44.4 Å². The van der Waals surface area contributed by atoms with E-state index in [1.807, 2.05) is 0 Å². The molecule has 0 bridgehead atoms. The van der Waals surface area contributed by atoms with Gasteiger partial charge in [-0.1, -0.05) is 19.1 Å². The van der Waals surface area contributed by atoms with Gasteiger partial charge in [-0.3, -0.25) is 9.69 Å². The molecule has 4 nitrogen and oxygen atoms in total. The molecule has 0 aromatic heterocycles. The van der Waals surface area contributed by atoms with Crippen LogP contribution in [-0.2, 0) is 4.79 Å². The maximum atomic E-state index is 11.6. The van der Waals surface area contributed by atoms with Crippen molar-refractivity contribution in [3.05, 3.63) is 12.2 Å². The minimum atomic E-state index is -0.0490. The highest BCUT2D eigenvalue weighted by atomic mass is 16.2. The number of carbonyl (C=O) groups excluding carboxylic acids is 1. The molecular weight excluding hydrogens is 190 g/mol. The van der Waals surface area contributed by atoms with E-state index in [0.29, 0.717) is 0 Å². The Morgan fingerprint density at radius 2 is 2.40 bits per heavy atom. The monoisotopic (exact) mass is 211 g/mol. The van der Waals surface area contributed by atoms with Gasteiger partial charge in [-0.2, -0.15) is 0 Å². The Morgan fingerprint density at radius 1 is 1.67 bits per heavy atom. The van der Waals surface area contributed by atoms with Crippen LogP contribution in [0.2, 0.25) is 0 Å². The molecule has 0 aromatic rings. The fraction of sp³-hybridized carbons (Fsp3) is 0.727. The Balaban J connectivity index is 2.57. The molecule has 1 saturated heterocycles. The van der Waals surface area contributed by atoms with Crippen LogP contribution in [0, 0.1) is 0 Å². The SMILES string of the molecule is C=C(CC)CN1CCNCC1C(=O)NC. The van der Waals surface area contributed by atoms with Gasteiger partial charge in [0.25, 0.3) is 0 Å². The summed E-state index contributed by atoms with van der Waals surface area (Å²) in [6.07, 6.45) is 0.977. The van der Waals surface area contributed by atoms with E-state index in [1.54, 1.807) is 7.05 Å². The third-order valence-corrected chi connectivity index (χ3v) is 2.83. The van der Waals surface area contributed by atoms with E-state index in [-0.39, 0.29) is 11.9 Å². The molecule has 4 heteroatoms. The van der Waals surface area contributed by atoms with Gasteiger partial charge in [-0.05, 0) is 6.42 Å². The third-order valence-electron chi connectivity index (χ3n) is 2.83. The summed E-state index contributed by atoms with van der Waals surface area (Å²) in [5.74, 6) is 0.0890. The van der Waals surface area contributed by atoms with Crippen molar-refractivity contribution in [2.24, 2.45) is 0 Å². The molecule has 0 aromatic carbocycles. The number of nitrogens with one attached hydrogen (secondary N) is 2. The van der Waals surface area contributed by atoms with Crippen molar-refractivity contribution in [1.82, 2.24) is 15.5 Å². The molecule has 2 N–H and O–H groups in total. The Bertz CT molecular complexity index is 240. The lowest BCUT2D eigenvalue weighted by molar-refractivity contribution is -0.126. The van der Waals surface area contributed by atoms with Gasteiger partial charge in [0.15, 0.2) is 0 Å². The van der Waals surface area contributed by atoms with Crippen LogP contribution in [0.3, 0.4) is 0 Å². The smallest absolute Gasteiger partial charge is 0.238 e. The second kappa shape index (κ2) is 5.88. The Kier molecular flexibility index (Phi) is 4.78. The zero-order valence-corrected chi connectivity index (χ0v) is 9.68. The summed E-state index contributed by atoms with van der Waals surface area (Å²) in [5.41, 5.74) is 1.19. The van der Waals surface area contributed by atoms with Gasteiger partial charge in [-0.15, -0.1) is 0 Å². The molecule has 0 radical (unpaired) electrons. The van der Waals surface area contributed by atoms with Gasteiger partial charge in [-0.25, -0.2) is 0 Å². The summed E-state index contributed by atoms with van der Waals surface area (Å²) >= 11 is 0. The number of carbonyl (C=O) groups is 1. The van der Waals surface area contributed by atoms with Gasteiger partial charge in [0.2, 0.25) is 5.91 Å². The molecule has 1 unspecified atom stereocenters. The van der Waals surface area contributed by atoms with E-state index in [1.165, 1.54) is 5.57 Å². The van der Waals surface area contributed by atoms with Crippen molar-refractivity contribution in [2.75, 3.05) is 33.2 Å². The Hall–Kier alpha value is -0.870. The first kappa shape index (κ1) is 12.2. The molecule has 0 aliphatic carbocycles. The lowest BCUT2D eigenvalue weighted by atomic mass is 10.1. The highest BCUT2D eigenvalue weighted by Crippen LogP contribution is 2.08. The van der Waals surface area contributed by atoms with E-state index in [4.69, 9.17) is 0 Å². The van der Waals surface area contributed by atoms with Gasteiger partial charge in [0, 0.05) is 33.2 Å². The van der Waals surface area contributed by atoms with Crippen LogP contribution in [0.25, 0.3) is 0 Å². The molecule has 0 saturated carbocycles. The highest BCUT2D eigenvalue weighted by Gasteiger charge is 2.27. The van der Waals surface area contributed by atoms with Crippen LogP contribution >= 0.6 is 0 Å². The predicted molar refractivity (Wildman–Crippen MR) is 61.7 cm³/mol. The molecule has 15 heavy (non-hydrogen) atoms. The number of rotatable bonds is 4. The molecule has 1 rings (SSSR count). The van der Waals surface area contributed by atoms with Crippen molar-refractivity contribution in [3.8, 4) is 0 Å². The molecule has 0 spiro atoms. The predicted octanol–water partition coefficient (Wildman–Crippen LogP) is -0.0276. The number of piperazine rings is 1. The lowest BCUT2D eigenvalue weighted by Gasteiger charge is -2.35. The molecule has 1 atom stereocenters. The summed E-state index contributed by atoms with van der Waals surface area (Å²) in [6.45, 7) is 9.51. The maximum Gasteiger partial charge on any atom is 0.238 e. The second-order valence-corrected chi connectivity index (χ2v) is 3.91. The summed E-state index contributed by atoms with van der Waals surface area (Å²) in [7, 11) is 1.68. The number of hydrogen-bond acceptors (Lipinski definition) is 3. The van der Waals surface area contributed by atoms with Crippen molar-refractivity contribution in [1.29, 1.82) is 0 Å². The minimum Gasteiger partial charge on any atom is -0.358 e. The summed E-state index contributed by atoms with van der Waals surface area (Å²) in [4.78, 5) is 13.8. The summed E-state index contributed by atoms with van der Waals surface area (Å²) in [5, 5.41) is 5.94. The number of nitrogens with zero attached hydrogens (tertiary/aromatic N) is 1. The van der Waals surface area contributed by atoms with Crippen LogP contribution in [0.1, 0.15) is 13.3 Å². The van der Waals surface area contributed by atoms with E-state index in [0.717, 1.165) is 32.6 Å². The first-order valence-corrected chi connectivity index (χ1v) is 5.52. The zero-order chi connectivity index (χ0) is 11.3. The fourth-order valence-electron chi connectivity index (χ4n) is 1.76. The van der Waals surface area contributed by atoms with Crippen molar-refractivity contribution in [3.63, 3.8) is 0 Å². The van der Waals surface area contributed by atoms with Crippen LogP contribution in [-0.4, -0.2) is 50.1 Å². The number of hydrogen-bond donors (Lipinski definition) is 2. The van der Waals surface area contributed by atoms with E-state index in [9.17, 15) is 4.79 Å². The normalized spacial score (nSPS) is 22.4. The average Bonchev–Trinajstić information content (AvgIpc) is 2.28. The van der Waals surface area contributed by atoms with E-state index < -0.39 is 0 Å². The van der Waals surface area contributed by atoms with Gasteiger partial charge < -0.3 is 10.6 Å². The van der Waals surface area contributed by atoms with Crippen LogP contribution in [0.4, 0.5) is 0 Å². The quantitative estimate of drug-likeness (QED) is 0.642. The zero-order valence-electron chi connectivity index (χ0n) is 9.68. The molecule has 1 fully saturated rings. The Morgan fingerprint density at radius 3 is 3.00 bits per heavy atom. The summed E-state index contributed by atoms with van der Waals surface area (Å²) < 4.78 is 0. The molecule has 1 amide bonds. The molecular formula is C11H21N3O. The number of likely N-dealkylation sites (N-methyl/N-ethyl adjacent to an activating group) is 1. The summed E-state index contributed by atoms with van der Waals surface area (Å²) in [6, 6.07) is -0.0490. The minimum absolute atomic E-state index is 0.0490. The number of amides is 1. The van der Waals surface area contributed by atoms with Crippen molar-refractivity contribution in [2.45, 2.75) is 19.4 Å². The lowest BCUT2D eigenvalue weighted by Crippen LogP contribution is -2.57. The van der Waals surface area contributed by atoms with Crippen LogP contribution in [0.15, 0.2) is 12.2 Å². The highest BCUT2D eigenvalue weighted by molar-refractivity contribution is 5.81. The van der Waals surface area contributed by atoms with Gasteiger partial charge in [0.1, 0.15) is 6.04 Å². The second-order valence-electron chi connectivity index (χ2n) is 3.91. The fourth-order valence-corrected chi connectivity index (χ4v) is 1.76. The maximum absolute atomic E-state index is 11.6. The van der Waals surface area contributed by atoms with E-state index >= 15 is 0 Å². The third kappa shape index (κ3) is 3.32. The standard InChI is InChI=1S/C11H21N3O/c1-4-9(2)8-14-6-5-13-7-10(14)11(15)12-3/h10,13H,2,4-8H2,1,3H3,(H,12,15). The molecule has 1 heterocycles. The molecule has 1 aliphatic heterocycles. The molecule has 1 aliphatic rings. The van der Waals surface area contributed by atoms with Gasteiger partial charge in [0.05, 0.1) is 0 Å². The molecule has 86 valence electrons. The first-order valence-electron chi connectivity index (χ1n) is 5.52.